The molecule has 72 valence electrons. The van der Waals surface area contributed by atoms with E-state index in [2.05, 4.69) is 5.32 Å². The summed E-state index contributed by atoms with van der Waals surface area (Å²) in [5, 5.41) is 2.84. The second-order valence-corrected chi connectivity index (χ2v) is 3.33. The number of hydrogen-bond donors (Lipinski definition) is 1. The standard InChI is InChI=1S/C10H15NO2/c1-8(2)10(12)11-5-3-9-4-6-13-7-9/h4,6-8H,3,5H2,1-2H3,(H,11,12). The van der Waals surface area contributed by atoms with E-state index in [1.54, 1.807) is 12.5 Å². The molecule has 0 aromatic carbocycles. The van der Waals surface area contributed by atoms with Crippen LogP contribution >= 0.6 is 0 Å². The van der Waals surface area contributed by atoms with Crippen LogP contribution in [0.25, 0.3) is 0 Å². The van der Waals surface area contributed by atoms with Crippen molar-refractivity contribution in [2.24, 2.45) is 5.92 Å². The molecule has 13 heavy (non-hydrogen) atoms. The maximum Gasteiger partial charge on any atom is 0.222 e. The molecule has 3 heteroatoms. The SMILES string of the molecule is CC(C)C(=O)NCCc1ccoc1. The molecule has 0 spiro atoms. The Kier molecular flexibility index (Phi) is 3.55. The number of furan rings is 1. The highest BCUT2D eigenvalue weighted by Crippen LogP contribution is 1.99. The molecule has 0 radical (unpaired) electrons. The van der Waals surface area contributed by atoms with Crippen LogP contribution in [-0.2, 0) is 11.2 Å². The molecule has 1 aromatic heterocycles. The van der Waals surface area contributed by atoms with Crippen molar-refractivity contribution in [1.82, 2.24) is 5.32 Å². The van der Waals surface area contributed by atoms with Crippen molar-refractivity contribution in [3.05, 3.63) is 24.2 Å². The quantitative estimate of drug-likeness (QED) is 0.766. The minimum absolute atomic E-state index is 0.0596. The lowest BCUT2D eigenvalue weighted by molar-refractivity contribution is -0.123. The lowest BCUT2D eigenvalue weighted by atomic mass is 10.2. The largest absolute Gasteiger partial charge is 0.472 e. The van der Waals surface area contributed by atoms with E-state index in [-0.39, 0.29) is 11.8 Å². The fraction of sp³-hybridized carbons (Fsp3) is 0.500. The van der Waals surface area contributed by atoms with Gasteiger partial charge in [-0.05, 0) is 18.1 Å². The lowest BCUT2D eigenvalue weighted by Gasteiger charge is -2.05. The molecule has 1 rings (SSSR count). The van der Waals surface area contributed by atoms with E-state index >= 15 is 0 Å². The number of carbonyl (C=O) groups excluding carboxylic acids is 1. The fourth-order valence-corrected chi connectivity index (χ4v) is 0.969. The Balaban J connectivity index is 2.18. The first kappa shape index (κ1) is 9.84. The summed E-state index contributed by atoms with van der Waals surface area (Å²) in [7, 11) is 0. The van der Waals surface area contributed by atoms with Crippen molar-refractivity contribution in [2.75, 3.05) is 6.54 Å². The van der Waals surface area contributed by atoms with Crippen LogP contribution in [-0.4, -0.2) is 12.5 Å². The van der Waals surface area contributed by atoms with E-state index in [0.717, 1.165) is 12.0 Å². The minimum atomic E-state index is 0.0596. The van der Waals surface area contributed by atoms with Crippen LogP contribution in [0.5, 0.6) is 0 Å². The Morgan fingerprint density at radius 1 is 1.62 bits per heavy atom. The van der Waals surface area contributed by atoms with Gasteiger partial charge < -0.3 is 9.73 Å². The number of rotatable bonds is 4. The van der Waals surface area contributed by atoms with Gasteiger partial charge in [-0.25, -0.2) is 0 Å². The summed E-state index contributed by atoms with van der Waals surface area (Å²) in [6, 6.07) is 1.90. The van der Waals surface area contributed by atoms with Gasteiger partial charge in [0.1, 0.15) is 0 Å². The average molecular weight is 181 g/mol. The van der Waals surface area contributed by atoms with Gasteiger partial charge in [0, 0.05) is 12.5 Å². The highest BCUT2D eigenvalue weighted by atomic mass is 16.3. The number of nitrogens with one attached hydrogen (secondary N) is 1. The molecule has 0 saturated heterocycles. The van der Waals surface area contributed by atoms with Gasteiger partial charge in [0.05, 0.1) is 12.5 Å². The summed E-state index contributed by atoms with van der Waals surface area (Å²) < 4.78 is 4.91. The molecular formula is C10H15NO2. The van der Waals surface area contributed by atoms with Gasteiger partial charge in [-0.3, -0.25) is 4.79 Å². The molecule has 0 aliphatic rings. The van der Waals surface area contributed by atoms with Gasteiger partial charge in [0.2, 0.25) is 5.91 Å². The normalized spacial score (nSPS) is 10.4. The average Bonchev–Trinajstić information content (AvgIpc) is 2.56. The van der Waals surface area contributed by atoms with Crippen molar-refractivity contribution < 1.29 is 9.21 Å². The monoisotopic (exact) mass is 181 g/mol. The van der Waals surface area contributed by atoms with Crippen LogP contribution < -0.4 is 5.32 Å². The molecule has 0 bridgehead atoms. The van der Waals surface area contributed by atoms with E-state index in [1.165, 1.54) is 0 Å². The number of hydrogen-bond acceptors (Lipinski definition) is 2. The predicted octanol–water partition coefficient (Wildman–Crippen LogP) is 1.59. The molecule has 0 saturated carbocycles. The summed E-state index contributed by atoms with van der Waals surface area (Å²) in [6.07, 6.45) is 4.16. The second-order valence-electron chi connectivity index (χ2n) is 3.33. The first-order valence-corrected chi connectivity index (χ1v) is 4.49. The molecule has 1 aromatic rings. The molecule has 1 amide bonds. The van der Waals surface area contributed by atoms with E-state index in [9.17, 15) is 4.79 Å². The molecule has 0 aliphatic carbocycles. The van der Waals surface area contributed by atoms with Crippen molar-refractivity contribution in [3.8, 4) is 0 Å². The summed E-state index contributed by atoms with van der Waals surface area (Å²) in [5.74, 6) is 0.160. The molecule has 0 aliphatic heterocycles. The summed E-state index contributed by atoms with van der Waals surface area (Å²) in [5.41, 5.74) is 1.11. The third-order valence-corrected chi connectivity index (χ3v) is 1.82. The van der Waals surface area contributed by atoms with Crippen LogP contribution in [0.3, 0.4) is 0 Å². The molecule has 0 fully saturated rings. The number of amides is 1. The topological polar surface area (TPSA) is 42.2 Å². The summed E-state index contributed by atoms with van der Waals surface area (Å²) >= 11 is 0. The Morgan fingerprint density at radius 3 is 2.92 bits per heavy atom. The van der Waals surface area contributed by atoms with Crippen LogP contribution in [0.1, 0.15) is 19.4 Å². The van der Waals surface area contributed by atoms with Gasteiger partial charge in [0.25, 0.3) is 0 Å². The van der Waals surface area contributed by atoms with E-state index in [0.29, 0.717) is 6.54 Å². The Morgan fingerprint density at radius 2 is 2.38 bits per heavy atom. The number of carbonyl (C=O) groups is 1. The first-order valence-electron chi connectivity index (χ1n) is 4.49. The maximum absolute atomic E-state index is 11.1. The van der Waals surface area contributed by atoms with E-state index in [1.807, 2.05) is 19.9 Å². The van der Waals surface area contributed by atoms with Gasteiger partial charge in [-0.1, -0.05) is 13.8 Å². The van der Waals surface area contributed by atoms with Crippen molar-refractivity contribution in [3.63, 3.8) is 0 Å². The minimum Gasteiger partial charge on any atom is -0.472 e. The summed E-state index contributed by atoms with van der Waals surface area (Å²) in [6.45, 7) is 4.44. The smallest absolute Gasteiger partial charge is 0.222 e. The zero-order valence-corrected chi connectivity index (χ0v) is 8.04. The molecular weight excluding hydrogens is 166 g/mol. The predicted molar refractivity (Wildman–Crippen MR) is 50.3 cm³/mol. The Hall–Kier alpha value is -1.25. The van der Waals surface area contributed by atoms with Gasteiger partial charge in [0.15, 0.2) is 0 Å². The van der Waals surface area contributed by atoms with Crippen LogP contribution in [0.4, 0.5) is 0 Å². The van der Waals surface area contributed by atoms with Gasteiger partial charge in [-0.2, -0.15) is 0 Å². The van der Waals surface area contributed by atoms with Gasteiger partial charge in [-0.15, -0.1) is 0 Å². The van der Waals surface area contributed by atoms with Crippen molar-refractivity contribution in [2.45, 2.75) is 20.3 Å². The zero-order valence-electron chi connectivity index (χ0n) is 8.04. The summed E-state index contributed by atoms with van der Waals surface area (Å²) in [4.78, 5) is 11.1. The molecule has 1 heterocycles. The third kappa shape index (κ3) is 3.32. The van der Waals surface area contributed by atoms with Crippen LogP contribution in [0, 0.1) is 5.92 Å². The van der Waals surface area contributed by atoms with Crippen molar-refractivity contribution in [1.29, 1.82) is 0 Å². The fourth-order valence-electron chi connectivity index (χ4n) is 0.969. The Bertz CT molecular complexity index is 252. The molecule has 0 atom stereocenters. The third-order valence-electron chi connectivity index (χ3n) is 1.82. The van der Waals surface area contributed by atoms with Crippen molar-refractivity contribution >= 4 is 5.91 Å². The first-order chi connectivity index (χ1) is 6.20. The molecule has 3 nitrogen and oxygen atoms in total. The molecule has 0 unspecified atom stereocenters. The highest BCUT2D eigenvalue weighted by Gasteiger charge is 2.04. The Labute approximate surface area is 78.1 Å². The van der Waals surface area contributed by atoms with E-state index < -0.39 is 0 Å². The highest BCUT2D eigenvalue weighted by molar-refractivity contribution is 5.77. The zero-order chi connectivity index (χ0) is 9.68. The molecule has 1 N–H and O–H groups in total. The van der Waals surface area contributed by atoms with Crippen LogP contribution in [0.2, 0.25) is 0 Å². The van der Waals surface area contributed by atoms with Crippen LogP contribution in [0.15, 0.2) is 23.0 Å². The maximum atomic E-state index is 11.1. The second kappa shape index (κ2) is 4.70. The van der Waals surface area contributed by atoms with Gasteiger partial charge >= 0.3 is 0 Å². The van der Waals surface area contributed by atoms with E-state index in [4.69, 9.17) is 4.42 Å². The lowest BCUT2D eigenvalue weighted by Crippen LogP contribution is -2.29.